The number of likely N-dealkylation sites (tertiary alicyclic amines) is 1. The second-order valence-corrected chi connectivity index (χ2v) is 7.80. The second kappa shape index (κ2) is 7.37. The molecule has 0 radical (unpaired) electrons. The van der Waals surface area contributed by atoms with Crippen LogP contribution in [0.4, 0.5) is 5.82 Å². The third-order valence-electron chi connectivity index (χ3n) is 5.95. The smallest absolute Gasteiger partial charge is 0.256 e. The highest BCUT2D eigenvalue weighted by molar-refractivity contribution is 5.98. The molecular formula is C22H22N6O2. The van der Waals surface area contributed by atoms with Gasteiger partial charge < -0.3 is 9.80 Å². The molecule has 0 N–H and O–H groups in total. The fourth-order valence-electron chi connectivity index (χ4n) is 4.56. The summed E-state index contributed by atoms with van der Waals surface area (Å²) in [5, 5.41) is 8.36. The zero-order valence-electron chi connectivity index (χ0n) is 16.7. The van der Waals surface area contributed by atoms with Crippen molar-refractivity contribution in [1.82, 2.24) is 24.9 Å². The zero-order valence-corrected chi connectivity index (χ0v) is 16.7. The summed E-state index contributed by atoms with van der Waals surface area (Å²) in [6.45, 7) is 2.82. The SMILES string of the molecule is CC(=O)c1ccnc(N2C3CCC2CN(C(=O)c2ccccc2-n2nccn2)C3)c1. The molecule has 2 atom stereocenters. The van der Waals surface area contributed by atoms with Gasteiger partial charge in [-0.1, -0.05) is 12.1 Å². The van der Waals surface area contributed by atoms with E-state index < -0.39 is 0 Å². The Bertz CT molecular complexity index is 1080. The number of rotatable bonds is 4. The van der Waals surface area contributed by atoms with Crippen LogP contribution in [-0.2, 0) is 0 Å². The van der Waals surface area contributed by atoms with Crippen LogP contribution in [0.3, 0.4) is 0 Å². The predicted molar refractivity (Wildman–Crippen MR) is 111 cm³/mol. The number of para-hydroxylation sites is 1. The molecule has 1 amide bonds. The zero-order chi connectivity index (χ0) is 20.7. The number of carbonyl (C=O) groups excluding carboxylic acids is 2. The van der Waals surface area contributed by atoms with Gasteiger partial charge in [-0.3, -0.25) is 9.59 Å². The van der Waals surface area contributed by atoms with Crippen molar-refractivity contribution in [3.63, 3.8) is 0 Å². The van der Waals surface area contributed by atoms with E-state index >= 15 is 0 Å². The van der Waals surface area contributed by atoms with Crippen LogP contribution in [0.5, 0.6) is 0 Å². The fraction of sp³-hybridized carbons (Fsp3) is 0.318. The Morgan fingerprint density at radius 1 is 0.967 bits per heavy atom. The Morgan fingerprint density at radius 3 is 2.37 bits per heavy atom. The lowest BCUT2D eigenvalue weighted by Gasteiger charge is -2.42. The lowest BCUT2D eigenvalue weighted by atomic mass is 10.1. The van der Waals surface area contributed by atoms with Crippen LogP contribution < -0.4 is 4.90 Å². The van der Waals surface area contributed by atoms with Crippen molar-refractivity contribution in [2.24, 2.45) is 0 Å². The number of benzene rings is 1. The summed E-state index contributed by atoms with van der Waals surface area (Å²) in [5.74, 6) is 0.844. The molecule has 2 fully saturated rings. The van der Waals surface area contributed by atoms with Crippen LogP contribution >= 0.6 is 0 Å². The molecule has 2 unspecified atom stereocenters. The normalized spacial score (nSPS) is 20.4. The summed E-state index contributed by atoms with van der Waals surface area (Å²) in [7, 11) is 0. The highest BCUT2D eigenvalue weighted by atomic mass is 16.2. The summed E-state index contributed by atoms with van der Waals surface area (Å²) in [6.07, 6.45) is 6.90. The maximum absolute atomic E-state index is 13.4. The molecule has 152 valence electrons. The van der Waals surface area contributed by atoms with Crippen molar-refractivity contribution in [3.8, 4) is 5.69 Å². The van der Waals surface area contributed by atoms with Gasteiger partial charge >= 0.3 is 0 Å². The Balaban J connectivity index is 1.40. The topological polar surface area (TPSA) is 84.2 Å². The van der Waals surface area contributed by atoms with Gasteiger partial charge in [0.15, 0.2) is 5.78 Å². The Kier molecular flexibility index (Phi) is 4.54. The molecule has 3 aromatic rings. The average molecular weight is 402 g/mol. The van der Waals surface area contributed by atoms with E-state index in [1.54, 1.807) is 31.6 Å². The molecule has 2 aliphatic rings. The van der Waals surface area contributed by atoms with E-state index in [2.05, 4.69) is 20.1 Å². The minimum Gasteiger partial charge on any atom is -0.347 e. The van der Waals surface area contributed by atoms with Crippen molar-refractivity contribution in [2.75, 3.05) is 18.0 Å². The van der Waals surface area contributed by atoms with Gasteiger partial charge in [0.25, 0.3) is 5.91 Å². The van der Waals surface area contributed by atoms with E-state index in [-0.39, 0.29) is 23.8 Å². The summed E-state index contributed by atoms with van der Waals surface area (Å²) in [4.78, 5) is 35.4. The summed E-state index contributed by atoms with van der Waals surface area (Å²) < 4.78 is 0. The van der Waals surface area contributed by atoms with Gasteiger partial charge in [-0.2, -0.15) is 15.0 Å². The molecule has 5 rings (SSSR count). The number of hydrogen-bond acceptors (Lipinski definition) is 6. The van der Waals surface area contributed by atoms with Crippen LogP contribution in [0.25, 0.3) is 5.69 Å². The molecule has 4 heterocycles. The van der Waals surface area contributed by atoms with Gasteiger partial charge in [0.05, 0.1) is 23.6 Å². The van der Waals surface area contributed by atoms with Gasteiger partial charge in [-0.25, -0.2) is 4.98 Å². The van der Waals surface area contributed by atoms with Crippen molar-refractivity contribution >= 4 is 17.5 Å². The van der Waals surface area contributed by atoms with Gasteiger partial charge in [-0.15, -0.1) is 0 Å². The van der Waals surface area contributed by atoms with Crippen molar-refractivity contribution in [2.45, 2.75) is 31.8 Å². The minimum absolute atomic E-state index is 0.00936. The Labute approximate surface area is 174 Å². The molecule has 2 aromatic heterocycles. The van der Waals surface area contributed by atoms with Crippen LogP contribution in [-0.4, -0.2) is 61.7 Å². The number of ketones is 1. The van der Waals surface area contributed by atoms with E-state index in [1.165, 1.54) is 4.80 Å². The molecule has 30 heavy (non-hydrogen) atoms. The molecule has 2 bridgehead atoms. The van der Waals surface area contributed by atoms with Crippen LogP contribution in [0, 0.1) is 0 Å². The van der Waals surface area contributed by atoms with E-state index in [9.17, 15) is 9.59 Å². The maximum atomic E-state index is 13.4. The van der Waals surface area contributed by atoms with Gasteiger partial charge in [0.1, 0.15) is 5.82 Å². The average Bonchev–Trinajstić information content (AvgIpc) is 3.39. The quantitative estimate of drug-likeness (QED) is 0.623. The molecule has 0 aliphatic carbocycles. The number of aromatic nitrogens is 4. The molecule has 2 saturated heterocycles. The van der Waals surface area contributed by atoms with Gasteiger partial charge in [0.2, 0.25) is 0 Å². The lowest BCUT2D eigenvalue weighted by Crippen LogP contribution is -2.55. The van der Waals surface area contributed by atoms with E-state index in [0.29, 0.717) is 29.9 Å². The second-order valence-electron chi connectivity index (χ2n) is 7.80. The third kappa shape index (κ3) is 3.14. The highest BCUT2D eigenvalue weighted by Crippen LogP contribution is 2.35. The van der Waals surface area contributed by atoms with E-state index in [4.69, 9.17) is 0 Å². The van der Waals surface area contributed by atoms with E-state index in [0.717, 1.165) is 18.7 Å². The summed E-state index contributed by atoms with van der Waals surface area (Å²) in [5.41, 5.74) is 1.94. The predicted octanol–water partition coefficient (Wildman–Crippen LogP) is 2.36. The number of pyridine rings is 1. The lowest BCUT2D eigenvalue weighted by molar-refractivity contribution is 0.0717. The Hall–Kier alpha value is -3.55. The standard InChI is InChI=1S/C22H22N6O2/c1-15(29)16-8-9-23-21(12-16)27-17-6-7-18(27)14-26(13-17)22(30)19-4-2-3-5-20(19)28-24-10-11-25-28/h2-5,8-12,17-18H,6-7,13-14H2,1H3. The third-order valence-corrected chi connectivity index (χ3v) is 5.95. The summed E-state index contributed by atoms with van der Waals surface area (Å²) in [6, 6.07) is 11.4. The van der Waals surface area contributed by atoms with Crippen LogP contribution in [0.15, 0.2) is 55.0 Å². The Morgan fingerprint density at radius 2 is 1.67 bits per heavy atom. The maximum Gasteiger partial charge on any atom is 0.256 e. The number of carbonyl (C=O) groups is 2. The van der Waals surface area contributed by atoms with Gasteiger partial charge in [-0.05, 0) is 44.0 Å². The number of nitrogens with zero attached hydrogens (tertiary/aromatic N) is 6. The molecule has 2 aliphatic heterocycles. The molecular weight excluding hydrogens is 380 g/mol. The molecule has 0 saturated carbocycles. The number of amides is 1. The minimum atomic E-state index is -0.00936. The number of piperazine rings is 1. The number of anilines is 1. The first-order valence-corrected chi connectivity index (χ1v) is 10.1. The molecule has 8 heteroatoms. The first kappa shape index (κ1) is 18.5. The molecule has 0 spiro atoms. The highest BCUT2D eigenvalue weighted by Gasteiger charge is 2.42. The van der Waals surface area contributed by atoms with Crippen molar-refractivity contribution in [1.29, 1.82) is 0 Å². The molecule has 1 aromatic carbocycles. The van der Waals surface area contributed by atoms with Crippen molar-refractivity contribution in [3.05, 3.63) is 66.1 Å². The number of Topliss-reactive ketones (excluding diaryl/α,β-unsaturated/α-hetero) is 1. The number of hydrogen-bond donors (Lipinski definition) is 0. The largest absolute Gasteiger partial charge is 0.347 e. The van der Waals surface area contributed by atoms with Crippen molar-refractivity contribution < 1.29 is 9.59 Å². The van der Waals surface area contributed by atoms with Crippen LogP contribution in [0.1, 0.15) is 40.5 Å². The van der Waals surface area contributed by atoms with Gasteiger partial charge in [0, 0.05) is 36.9 Å². The summed E-state index contributed by atoms with van der Waals surface area (Å²) >= 11 is 0. The monoisotopic (exact) mass is 402 g/mol. The first-order chi connectivity index (χ1) is 14.6. The first-order valence-electron chi connectivity index (χ1n) is 10.1. The van der Waals surface area contributed by atoms with Crippen LogP contribution in [0.2, 0.25) is 0 Å². The number of fused-ring (bicyclic) bond motifs is 2. The van der Waals surface area contributed by atoms with E-state index in [1.807, 2.05) is 35.2 Å². The fourth-order valence-corrected chi connectivity index (χ4v) is 4.56. The molecule has 8 nitrogen and oxygen atoms in total.